The van der Waals surface area contributed by atoms with E-state index >= 15 is 0 Å². The molecule has 0 heteroatoms. The van der Waals surface area contributed by atoms with Crippen LogP contribution in [-0.4, -0.2) is 0 Å². The summed E-state index contributed by atoms with van der Waals surface area (Å²) in [6.07, 6.45) is 10.8. The maximum absolute atomic E-state index is 2.32. The van der Waals surface area contributed by atoms with Gasteiger partial charge in [-0.25, -0.2) is 0 Å². The zero-order valence-electron chi connectivity index (χ0n) is 8.84. The van der Waals surface area contributed by atoms with E-state index in [1.54, 1.807) is 25.7 Å². The molecule has 3 saturated carbocycles. The van der Waals surface area contributed by atoms with Crippen LogP contribution < -0.4 is 0 Å². The first-order valence-corrected chi connectivity index (χ1v) is 6.40. The molecule has 3 aliphatic carbocycles. The first-order chi connectivity index (χ1) is 6.40. The minimum absolute atomic E-state index is 1.19. The van der Waals surface area contributed by atoms with Crippen LogP contribution in [0.2, 0.25) is 0 Å². The molecule has 3 aliphatic rings. The Labute approximate surface area is 82.1 Å². The molecular formula is C13H22. The van der Waals surface area contributed by atoms with Crippen LogP contribution in [0.25, 0.3) is 0 Å². The molecule has 74 valence electrons. The maximum atomic E-state index is 2.32. The number of hydrogen-bond acceptors (Lipinski definition) is 0. The smallest absolute Gasteiger partial charge is 0.0352 e. The van der Waals surface area contributed by atoms with E-state index in [-0.39, 0.29) is 0 Å². The van der Waals surface area contributed by atoms with Crippen LogP contribution in [0.1, 0.15) is 51.9 Å². The Morgan fingerprint density at radius 1 is 0.923 bits per heavy atom. The van der Waals surface area contributed by atoms with Gasteiger partial charge in [-0.05, 0) is 55.3 Å². The highest BCUT2D eigenvalue weighted by molar-refractivity contribution is 5.07. The van der Waals surface area contributed by atoms with Gasteiger partial charge in [-0.15, -0.1) is 0 Å². The number of hydrogen-bond donors (Lipinski definition) is 0. The van der Waals surface area contributed by atoms with Crippen LogP contribution in [0.3, 0.4) is 0 Å². The molecule has 13 heavy (non-hydrogen) atoms. The molecule has 0 amide bonds. The van der Waals surface area contributed by atoms with Crippen LogP contribution in [0.5, 0.6) is 0 Å². The Morgan fingerprint density at radius 2 is 1.62 bits per heavy atom. The van der Waals surface area contributed by atoms with Crippen molar-refractivity contribution in [2.75, 3.05) is 0 Å². The third-order valence-electron chi connectivity index (χ3n) is 4.80. The van der Waals surface area contributed by atoms with E-state index in [1.807, 2.05) is 0 Å². The Balaban J connectivity index is 1.52. The molecule has 3 fully saturated rings. The Hall–Kier alpha value is 0. The van der Waals surface area contributed by atoms with Crippen molar-refractivity contribution in [2.24, 2.45) is 29.6 Å². The predicted molar refractivity (Wildman–Crippen MR) is 55.4 cm³/mol. The molecule has 0 N–H and O–H groups in total. The highest BCUT2D eigenvalue weighted by atomic mass is 14.6. The van der Waals surface area contributed by atoms with Crippen LogP contribution in [-0.2, 0) is 0 Å². The topological polar surface area (TPSA) is 0 Å². The van der Waals surface area contributed by atoms with Gasteiger partial charge in [-0.3, -0.25) is 0 Å². The second-order valence-corrected chi connectivity index (χ2v) is 5.71. The van der Waals surface area contributed by atoms with Crippen molar-refractivity contribution in [3.05, 3.63) is 0 Å². The van der Waals surface area contributed by atoms with Crippen molar-refractivity contribution < 1.29 is 0 Å². The van der Waals surface area contributed by atoms with E-state index in [4.69, 9.17) is 0 Å². The quantitative estimate of drug-likeness (QED) is 0.573. The summed E-state index contributed by atoms with van der Waals surface area (Å²) < 4.78 is 0. The molecule has 3 rings (SSSR count). The second kappa shape index (κ2) is 3.00. The molecule has 0 spiro atoms. The van der Waals surface area contributed by atoms with Crippen LogP contribution in [0.15, 0.2) is 0 Å². The van der Waals surface area contributed by atoms with E-state index in [0.29, 0.717) is 0 Å². The van der Waals surface area contributed by atoms with E-state index < -0.39 is 0 Å². The van der Waals surface area contributed by atoms with E-state index in [0.717, 1.165) is 0 Å². The summed E-state index contributed by atoms with van der Waals surface area (Å²) in [5.41, 5.74) is 0. The molecular weight excluding hydrogens is 156 g/mol. The summed E-state index contributed by atoms with van der Waals surface area (Å²) >= 11 is 0. The van der Waals surface area contributed by atoms with Crippen molar-refractivity contribution in [2.45, 2.75) is 51.9 Å². The number of rotatable bonds is 4. The van der Waals surface area contributed by atoms with Crippen LogP contribution in [0, 0.1) is 29.6 Å². The molecule has 0 radical (unpaired) electrons. The lowest BCUT2D eigenvalue weighted by Gasteiger charge is -2.20. The number of unbranched alkanes of at least 4 members (excludes halogenated alkanes) is 2. The SMILES string of the molecule is CCCCCC1C2CC2C[C@H]2CC12. The third kappa shape index (κ3) is 1.43. The van der Waals surface area contributed by atoms with Gasteiger partial charge in [0.05, 0.1) is 0 Å². The van der Waals surface area contributed by atoms with Crippen molar-refractivity contribution in [3.63, 3.8) is 0 Å². The van der Waals surface area contributed by atoms with Crippen molar-refractivity contribution >= 4 is 0 Å². The molecule has 0 aromatic heterocycles. The minimum atomic E-state index is 1.19. The summed E-state index contributed by atoms with van der Waals surface area (Å²) in [4.78, 5) is 0. The molecule has 0 nitrogen and oxygen atoms in total. The lowest BCUT2D eigenvalue weighted by atomic mass is 9.85. The monoisotopic (exact) mass is 178 g/mol. The Morgan fingerprint density at radius 3 is 2.23 bits per heavy atom. The predicted octanol–water partition coefficient (Wildman–Crippen LogP) is 3.86. The van der Waals surface area contributed by atoms with Gasteiger partial charge in [0.2, 0.25) is 0 Å². The third-order valence-corrected chi connectivity index (χ3v) is 4.80. The lowest BCUT2D eigenvalue weighted by Crippen LogP contribution is -2.13. The second-order valence-electron chi connectivity index (χ2n) is 5.71. The van der Waals surface area contributed by atoms with Gasteiger partial charge < -0.3 is 0 Å². The molecule has 0 aromatic rings. The van der Waals surface area contributed by atoms with Gasteiger partial charge >= 0.3 is 0 Å². The fourth-order valence-electron chi connectivity index (χ4n) is 3.90. The highest BCUT2D eigenvalue weighted by Gasteiger charge is 2.58. The Kier molecular flexibility index (Phi) is 1.92. The molecule has 5 atom stereocenters. The highest BCUT2D eigenvalue weighted by Crippen LogP contribution is 2.66. The molecule has 0 aliphatic heterocycles. The zero-order chi connectivity index (χ0) is 8.84. The standard InChI is InChI=1S/C13H22/c1-2-3-4-5-11-12-7-9(12)6-10-8-13(10)11/h9-13H,2-8H2,1H3/t9-,10?,11?,12?,13?/m0/s1. The molecule has 0 heterocycles. The Bertz CT molecular complexity index is 180. The molecule has 0 saturated heterocycles. The van der Waals surface area contributed by atoms with Gasteiger partial charge in [0.1, 0.15) is 0 Å². The van der Waals surface area contributed by atoms with Gasteiger partial charge in [-0.1, -0.05) is 26.2 Å². The first kappa shape index (κ1) is 8.32. The van der Waals surface area contributed by atoms with Crippen molar-refractivity contribution in [3.8, 4) is 0 Å². The van der Waals surface area contributed by atoms with Crippen LogP contribution in [0.4, 0.5) is 0 Å². The average Bonchev–Trinajstić information content (AvgIpc) is 2.95. The lowest BCUT2D eigenvalue weighted by molar-refractivity contribution is 0.288. The fourth-order valence-corrected chi connectivity index (χ4v) is 3.90. The van der Waals surface area contributed by atoms with Crippen molar-refractivity contribution in [1.82, 2.24) is 0 Å². The van der Waals surface area contributed by atoms with Gasteiger partial charge in [0.25, 0.3) is 0 Å². The fraction of sp³-hybridized carbons (Fsp3) is 1.00. The summed E-state index contributed by atoms with van der Waals surface area (Å²) in [7, 11) is 0. The first-order valence-electron chi connectivity index (χ1n) is 6.40. The van der Waals surface area contributed by atoms with Gasteiger partial charge in [0.15, 0.2) is 0 Å². The van der Waals surface area contributed by atoms with E-state index in [1.165, 1.54) is 48.9 Å². The summed E-state index contributed by atoms with van der Waals surface area (Å²) in [5.74, 6) is 6.02. The average molecular weight is 178 g/mol. The number of fused-ring (bicyclic) bond motifs is 2. The van der Waals surface area contributed by atoms with Gasteiger partial charge in [-0.2, -0.15) is 0 Å². The molecule has 0 aromatic carbocycles. The summed E-state index contributed by atoms with van der Waals surface area (Å²) in [5, 5.41) is 0. The van der Waals surface area contributed by atoms with E-state index in [9.17, 15) is 0 Å². The summed E-state index contributed by atoms with van der Waals surface area (Å²) in [6.45, 7) is 2.32. The summed E-state index contributed by atoms with van der Waals surface area (Å²) in [6, 6.07) is 0. The van der Waals surface area contributed by atoms with Crippen molar-refractivity contribution in [1.29, 1.82) is 0 Å². The zero-order valence-corrected chi connectivity index (χ0v) is 8.84. The minimum Gasteiger partial charge on any atom is -0.0654 e. The van der Waals surface area contributed by atoms with E-state index in [2.05, 4.69) is 6.92 Å². The van der Waals surface area contributed by atoms with Crippen LogP contribution >= 0.6 is 0 Å². The van der Waals surface area contributed by atoms with Gasteiger partial charge in [0, 0.05) is 0 Å². The normalized spacial score (nSPS) is 51.0. The maximum Gasteiger partial charge on any atom is -0.0352 e. The largest absolute Gasteiger partial charge is 0.0654 e. The molecule has 4 unspecified atom stereocenters. The molecule has 0 bridgehead atoms.